The van der Waals surface area contributed by atoms with E-state index in [0.29, 0.717) is 43.4 Å². The Morgan fingerprint density at radius 1 is 1.21 bits per heavy atom. The SMILES string of the molecule is O=C(C[NH+]1CCN(C(=O)CC[C@@H]2NC(=O)NC2=O)CC1)Nc1ccccc1Cl. The second kappa shape index (κ2) is 9.03. The number of halogens is 1. The van der Waals surface area contributed by atoms with Crippen LogP contribution in [0.1, 0.15) is 12.8 Å². The summed E-state index contributed by atoms with van der Waals surface area (Å²) < 4.78 is 0. The van der Waals surface area contributed by atoms with Crippen LogP contribution in [0.4, 0.5) is 10.5 Å². The van der Waals surface area contributed by atoms with Gasteiger partial charge in [-0.15, -0.1) is 0 Å². The first-order chi connectivity index (χ1) is 13.4. The predicted octanol–water partition coefficient (Wildman–Crippen LogP) is -1.01. The molecule has 0 saturated carbocycles. The van der Waals surface area contributed by atoms with Gasteiger partial charge in [0.15, 0.2) is 6.54 Å². The summed E-state index contributed by atoms with van der Waals surface area (Å²) in [6, 6.07) is 5.91. The van der Waals surface area contributed by atoms with Gasteiger partial charge in [0, 0.05) is 6.42 Å². The summed E-state index contributed by atoms with van der Waals surface area (Å²) >= 11 is 6.05. The van der Waals surface area contributed by atoms with Crippen molar-refractivity contribution < 1.29 is 24.1 Å². The highest BCUT2D eigenvalue weighted by Gasteiger charge is 2.31. The van der Waals surface area contributed by atoms with Gasteiger partial charge in [0.05, 0.1) is 36.9 Å². The molecule has 0 aliphatic carbocycles. The van der Waals surface area contributed by atoms with Gasteiger partial charge in [-0.3, -0.25) is 19.7 Å². The van der Waals surface area contributed by atoms with Crippen LogP contribution in [0, 0.1) is 0 Å². The van der Waals surface area contributed by atoms with Crippen molar-refractivity contribution in [2.24, 2.45) is 0 Å². The Morgan fingerprint density at radius 3 is 2.57 bits per heavy atom. The highest BCUT2D eigenvalue weighted by molar-refractivity contribution is 6.33. The van der Waals surface area contributed by atoms with Gasteiger partial charge in [0.1, 0.15) is 6.04 Å². The zero-order chi connectivity index (χ0) is 20.1. The van der Waals surface area contributed by atoms with E-state index in [9.17, 15) is 19.2 Å². The summed E-state index contributed by atoms with van der Waals surface area (Å²) in [6.07, 6.45) is 0.477. The number of piperazine rings is 1. The Labute approximate surface area is 167 Å². The van der Waals surface area contributed by atoms with Crippen LogP contribution < -0.4 is 20.9 Å². The summed E-state index contributed by atoms with van der Waals surface area (Å²) in [7, 11) is 0. The molecule has 1 atom stereocenters. The number of quaternary nitrogens is 1. The number of hydrogen-bond acceptors (Lipinski definition) is 4. The number of amides is 5. The zero-order valence-corrected chi connectivity index (χ0v) is 16.1. The molecule has 4 N–H and O–H groups in total. The zero-order valence-electron chi connectivity index (χ0n) is 15.3. The third-order valence-electron chi connectivity index (χ3n) is 4.89. The van der Waals surface area contributed by atoms with Crippen molar-refractivity contribution in [2.45, 2.75) is 18.9 Å². The van der Waals surface area contributed by atoms with E-state index in [1.165, 1.54) is 0 Å². The molecular weight excluding hydrogens is 386 g/mol. The summed E-state index contributed by atoms with van der Waals surface area (Å²) in [5.74, 6) is -0.559. The number of para-hydroxylation sites is 1. The summed E-state index contributed by atoms with van der Waals surface area (Å²) in [4.78, 5) is 50.0. The molecule has 150 valence electrons. The highest BCUT2D eigenvalue weighted by atomic mass is 35.5. The number of rotatable bonds is 6. The molecule has 0 bridgehead atoms. The Kier molecular flexibility index (Phi) is 6.48. The van der Waals surface area contributed by atoms with Crippen LogP contribution in [-0.2, 0) is 14.4 Å². The molecular formula is C18H23ClN5O4+. The first kappa shape index (κ1) is 20.1. The van der Waals surface area contributed by atoms with Gasteiger partial charge in [-0.1, -0.05) is 23.7 Å². The van der Waals surface area contributed by atoms with Crippen LogP contribution >= 0.6 is 11.6 Å². The maximum absolute atomic E-state index is 12.3. The number of imide groups is 1. The Hall–Kier alpha value is -2.65. The third-order valence-corrected chi connectivity index (χ3v) is 5.22. The van der Waals surface area contributed by atoms with Crippen LogP contribution in [0.2, 0.25) is 5.02 Å². The molecule has 0 unspecified atom stereocenters. The molecule has 0 spiro atoms. The molecule has 2 aliphatic heterocycles. The standard InChI is InChI=1S/C18H22ClN5O4/c19-12-3-1-2-4-13(12)20-15(25)11-23-7-9-24(10-8-23)16(26)6-5-14-17(27)22-18(28)21-14/h1-4,14H,5-11H2,(H,20,25)(H2,21,22,27,28)/p+1/t14-/m0/s1. The minimum atomic E-state index is -0.642. The number of nitrogens with zero attached hydrogens (tertiary/aromatic N) is 1. The van der Waals surface area contributed by atoms with Gasteiger partial charge in [0.2, 0.25) is 5.91 Å². The van der Waals surface area contributed by atoms with Crippen molar-refractivity contribution in [3.05, 3.63) is 29.3 Å². The van der Waals surface area contributed by atoms with E-state index in [1.807, 2.05) is 0 Å². The molecule has 9 nitrogen and oxygen atoms in total. The number of carbonyl (C=O) groups excluding carboxylic acids is 4. The first-order valence-corrected chi connectivity index (χ1v) is 9.57. The fraction of sp³-hybridized carbons (Fsp3) is 0.444. The fourth-order valence-electron chi connectivity index (χ4n) is 3.32. The van der Waals surface area contributed by atoms with E-state index in [1.54, 1.807) is 29.2 Å². The molecule has 5 amide bonds. The Balaban J connectivity index is 1.38. The maximum Gasteiger partial charge on any atom is 0.322 e. The fourth-order valence-corrected chi connectivity index (χ4v) is 3.50. The lowest BCUT2D eigenvalue weighted by Crippen LogP contribution is -3.15. The van der Waals surface area contributed by atoms with Crippen molar-refractivity contribution in [3.8, 4) is 0 Å². The summed E-state index contributed by atoms with van der Waals surface area (Å²) in [6.45, 7) is 2.75. The smallest absolute Gasteiger partial charge is 0.322 e. The molecule has 3 rings (SSSR count). The topological polar surface area (TPSA) is 112 Å². The largest absolute Gasteiger partial charge is 0.331 e. The molecule has 2 aliphatic rings. The summed E-state index contributed by atoms with van der Waals surface area (Å²) in [5.41, 5.74) is 0.588. The average Bonchev–Trinajstić information content (AvgIpc) is 2.99. The van der Waals surface area contributed by atoms with E-state index < -0.39 is 18.0 Å². The molecule has 0 radical (unpaired) electrons. The minimum Gasteiger partial charge on any atom is -0.331 e. The molecule has 1 aromatic rings. The summed E-state index contributed by atoms with van der Waals surface area (Å²) in [5, 5.41) is 7.94. The highest BCUT2D eigenvalue weighted by Crippen LogP contribution is 2.19. The lowest BCUT2D eigenvalue weighted by molar-refractivity contribution is -0.895. The van der Waals surface area contributed by atoms with Crippen LogP contribution in [0.15, 0.2) is 24.3 Å². The average molecular weight is 409 g/mol. The van der Waals surface area contributed by atoms with E-state index in [4.69, 9.17) is 11.6 Å². The van der Waals surface area contributed by atoms with Crippen molar-refractivity contribution >= 4 is 41.0 Å². The van der Waals surface area contributed by atoms with E-state index in [-0.39, 0.29) is 24.7 Å². The van der Waals surface area contributed by atoms with Gasteiger partial charge in [-0.05, 0) is 18.6 Å². The second-order valence-electron chi connectivity index (χ2n) is 6.89. The van der Waals surface area contributed by atoms with E-state index in [0.717, 1.165) is 4.90 Å². The van der Waals surface area contributed by atoms with E-state index >= 15 is 0 Å². The quantitative estimate of drug-likeness (QED) is 0.452. The van der Waals surface area contributed by atoms with Crippen molar-refractivity contribution in [2.75, 3.05) is 38.0 Å². The van der Waals surface area contributed by atoms with Gasteiger partial charge >= 0.3 is 6.03 Å². The van der Waals surface area contributed by atoms with Gasteiger partial charge in [0.25, 0.3) is 11.8 Å². The molecule has 2 heterocycles. The number of benzene rings is 1. The van der Waals surface area contributed by atoms with Crippen LogP contribution in [0.3, 0.4) is 0 Å². The van der Waals surface area contributed by atoms with Crippen LogP contribution in [-0.4, -0.2) is 67.4 Å². The molecule has 2 fully saturated rings. The van der Waals surface area contributed by atoms with Gasteiger partial charge in [-0.2, -0.15) is 0 Å². The van der Waals surface area contributed by atoms with Crippen molar-refractivity contribution in [1.82, 2.24) is 15.5 Å². The Morgan fingerprint density at radius 2 is 1.93 bits per heavy atom. The van der Waals surface area contributed by atoms with E-state index in [2.05, 4.69) is 16.0 Å². The number of hydrogen-bond donors (Lipinski definition) is 4. The van der Waals surface area contributed by atoms with Gasteiger partial charge in [-0.25, -0.2) is 4.79 Å². The maximum atomic E-state index is 12.3. The monoisotopic (exact) mass is 408 g/mol. The number of urea groups is 1. The second-order valence-corrected chi connectivity index (χ2v) is 7.30. The molecule has 2 saturated heterocycles. The normalized spacial score (nSPS) is 19.9. The first-order valence-electron chi connectivity index (χ1n) is 9.19. The van der Waals surface area contributed by atoms with Gasteiger partial charge < -0.3 is 20.4 Å². The van der Waals surface area contributed by atoms with Crippen molar-refractivity contribution in [3.63, 3.8) is 0 Å². The number of carbonyl (C=O) groups is 4. The van der Waals surface area contributed by atoms with Crippen LogP contribution in [0.5, 0.6) is 0 Å². The lowest BCUT2D eigenvalue weighted by atomic mass is 10.1. The molecule has 10 heteroatoms. The number of anilines is 1. The molecule has 28 heavy (non-hydrogen) atoms. The Bertz CT molecular complexity index is 779. The molecule has 1 aromatic carbocycles. The minimum absolute atomic E-state index is 0.0477. The lowest BCUT2D eigenvalue weighted by Gasteiger charge is -2.32. The third kappa shape index (κ3) is 5.20. The number of nitrogens with one attached hydrogen (secondary N) is 4. The predicted molar refractivity (Wildman–Crippen MR) is 102 cm³/mol. The van der Waals surface area contributed by atoms with Crippen LogP contribution in [0.25, 0.3) is 0 Å². The van der Waals surface area contributed by atoms with Crippen molar-refractivity contribution in [1.29, 1.82) is 0 Å². The molecule has 0 aromatic heterocycles.